The predicted octanol–water partition coefficient (Wildman–Crippen LogP) is 1.67. The molecule has 1 atom stereocenters. The Balaban J connectivity index is 2.79. The van der Waals surface area contributed by atoms with Crippen LogP contribution in [0, 0.1) is 5.82 Å². The van der Waals surface area contributed by atoms with E-state index in [1.807, 2.05) is 6.92 Å². The van der Waals surface area contributed by atoms with Crippen molar-refractivity contribution in [2.45, 2.75) is 19.3 Å². The molecule has 0 amide bonds. The van der Waals surface area contributed by atoms with Crippen LogP contribution in [0.4, 0.5) is 4.39 Å². The SMILES string of the molecule is CC(CCN)c1ccncc1F. The summed E-state index contributed by atoms with van der Waals surface area (Å²) in [5, 5.41) is 0. The van der Waals surface area contributed by atoms with Gasteiger partial charge in [-0.25, -0.2) is 4.39 Å². The van der Waals surface area contributed by atoms with Crippen molar-refractivity contribution in [1.82, 2.24) is 4.98 Å². The van der Waals surface area contributed by atoms with Gasteiger partial charge in [-0.05, 0) is 30.5 Å². The van der Waals surface area contributed by atoms with Crippen LogP contribution in [0.3, 0.4) is 0 Å². The fourth-order valence-electron chi connectivity index (χ4n) is 1.19. The van der Waals surface area contributed by atoms with Crippen LogP contribution in [-0.4, -0.2) is 11.5 Å². The molecule has 1 unspecified atom stereocenters. The first-order chi connectivity index (χ1) is 5.75. The third-order valence-corrected chi connectivity index (χ3v) is 1.93. The molecule has 0 spiro atoms. The molecule has 66 valence electrons. The molecule has 1 aromatic rings. The second kappa shape index (κ2) is 4.16. The molecule has 3 heteroatoms. The average molecular weight is 168 g/mol. The van der Waals surface area contributed by atoms with Gasteiger partial charge in [0, 0.05) is 6.20 Å². The van der Waals surface area contributed by atoms with Crippen molar-refractivity contribution in [1.29, 1.82) is 0 Å². The van der Waals surface area contributed by atoms with Gasteiger partial charge in [0.25, 0.3) is 0 Å². The van der Waals surface area contributed by atoms with Crippen LogP contribution in [0.2, 0.25) is 0 Å². The summed E-state index contributed by atoms with van der Waals surface area (Å²) in [5.41, 5.74) is 6.08. The van der Waals surface area contributed by atoms with Crippen molar-refractivity contribution in [3.8, 4) is 0 Å². The number of nitrogens with zero attached hydrogens (tertiary/aromatic N) is 1. The molecule has 0 radical (unpaired) electrons. The first-order valence-corrected chi connectivity index (χ1v) is 4.05. The Kier molecular flexibility index (Phi) is 3.17. The number of nitrogens with two attached hydrogens (primary N) is 1. The van der Waals surface area contributed by atoms with Gasteiger partial charge in [0.15, 0.2) is 0 Å². The van der Waals surface area contributed by atoms with Crippen LogP contribution in [0.25, 0.3) is 0 Å². The Hall–Kier alpha value is -0.960. The standard InChI is InChI=1S/C9H13FN2/c1-7(2-4-11)8-3-5-12-6-9(8)10/h3,5-7H,2,4,11H2,1H3. The fourth-order valence-corrected chi connectivity index (χ4v) is 1.19. The molecular weight excluding hydrogens is 155 g/mol. The van der Waals surface area contributed by atoms with E-state index in [-0.39, 0.29) is 11.7 Å². The lowest BCUT2D eigenvalue weighted by Crippen LogP contribution is -2.06. The van der Waals surface area contributed by atoms with Crippen LogP contribution >= 0.6 is 0 Å². The van der Waals surface area contributed by atoms with Gasteiger partial charge in [-0.2, -0.15) is 0 Å². The molecule has 2 nitrogen and oxygen atoms in total. The average Bonchev–Trinajstić information content (AvgIpc) is 2.05. The van der Waals surface area contributed by atoms with Crippen molar-refractivity contribution >= 4 is 0 Å². The first-order valence-electron chi connectivity index (χ1n) is 4.05. The topological polar surface area (TPSA) is 38.9 Å². The van der Waals surface area contributed by atoms with Gasteiger partial charge < -0.3 is 5.73 Å². The molecule has 12 heavy (non-hydrogen) atoms. The number of hydrogen-bond donors (Lipinski definition) is 1. The molecule has 0 aliphatic heterocycles. The van der Waals surface area contributed by atoms with E-state index in [2.05, 4.69) is 4.98 Å². The lowest BCUT2D eigenvalue weighted by Gasteiger charge is -2.10. The summed E-state index contributed by atoms with van der Waals surface area (Å²) in [6, 6.07) is 1.70. The summed E-state index contributed by atoms with van der Waals surface area (Å²) in [7, 11) is 0. The zero-order valence-corrected chi connectivity index (χ0v) is 7.13. The summed E-state index contributed by atoms with van der Waals surface area (Å²) in [5.74, 6) is -0.0588. The molecule has 1 heterocycles. The maximum absolute atomic E-state index is 13.1. The third-order valence-electron chi connectivity index (χ3n) is 1.93. The molecule has 0 aromatic carbocycles. The molecule has 0 fully saturated rings. The van der Waals surface area contributed by atoms with Crippen LogP contribution in [0.5, 0.6) is 0 Å². The van der Waals surface area contributed by atoms with E-state index < -0.39 is 0 Å². The third kappa shape index (κ3) is 2.01. The zero-order valence-electron chi connectivity index (χ0n) is 7.13. The van der Waals surface area contributed by atoms with E-state index in [1.165, 1.54) is 6.20 Å². The summed E-state index contributed by atoms with van der Waals surface area (Å²) < 4.78 is 13.1. The Morgan fingerprint density at radius 2 is 2.42 bits per heavy atom. The van der Waals surface area contributed by atoms with Gasteiger partial charge in [-0.15, -0.1) is 0 Å². The maximum Gasteiger partial charge on any atom is 0.144 e. The summed E-state index contributed by atoms with van der Waals surface area (Å²) in [4.78, 5) is 3.68. The number of aromatic nitrogens is 1. The molecular formula is C9H13FN2. The maximum atomic E-state index is 13.1. The highest BCUT2D eigenvalue weighted by atomic mass is 19.1. The lowest BCUT2D eigenvalue weighted by molar-refractivity contribution is 0.571. The van der Waals surface area contributed by atoms with Gasteiger partial charge in [-0.1, -0.05) is 6.92 Å². The molecule has 0 aliphatic rings. The first kappa shape index (κ1) is 9.13. The van der Waals surface area contributed by atoms with Crippen LogP contribution < -0.4 is 5.73 Å². The second-order valence-electron chi connectivity index (χ2n) is 2.88. The highest BCUT2D eigenvalue weighted by Gasteiger charge is 2.08. The summed E-state index contributed by atoms with van der Waals surface area (Å²) >= 11 is 0. The van der Waals surface area contributed by atoms with Crippen molar-refractivity contribution in [3.05, 3.63) is 29.8 Å². The Morgan fingerprint density at radius 3 is 3.00 bits per heavy atom. The van der Waals surface area contributed by atoms with Gasteiger partial charge in [0.1, 0.15) is 5.82 Å². The molecule has 0 bridgehead atoms. The highest BCUT2D eigenvalue weighted by molar-refractivity contribution is 5.17. The quantitative estimate of drug-likeness (QED) is 0.745. The van der Waals surface area contributed by atoms with Crippen LogP contribution in [-0.2, 0) is 0 Å². The van der Waals surface area contributed by atoms with Crippen LogP contribution in [0.15, 0.2) is 18.5 Å². The van der Waals surface area contributed by atoms with Crippen molar-refractivity contribution < 1.29 is 4.39 Å². The highest BCUT2D eigenvalue weighted by Crippen LogP contribution is 2.19. The van der Waals surface area contributed by atoms with E-state index in [0.29, 0.717) is 12.1 Å². The van der Waals surface area contributed by atoms with Crippen molar-refractivity contribution in [3.63, 3.8) is 0 Å². The van der Waals surface area contributed by atoms with E-state index in [0.717, 1.165) is 6.42 Å². The Morgan fingerprint density at radius 1 is 1.67 bits per heavy atom. The van der Waals surface area contributed by atoms with Gasteiger partial charge >= 0.3 is 0 Å². The minimum atomic E-state index is -0.238. The minimum Gasteiger partial charge on any atom is -0.330 e. The predicted molar refractivity (Wildman–Crippen MR) is 46.3 cm³/mol. The molecule has 0 saturated heterocycles. The minimum absolute atomic E-state index is 0.179. The number of pyridine rings is 1. The summed E-state index contributed by atoms with van der Waals surface area (Å²) in [6.45, 7) is 2.55. The Bertz CT molecular complexity index is 250. The Labute approximate surface area is 71.6 Å². The molecule has 1 aromatic heterocycles. The number of rotatable bonds is 3. The van der Waals surface area contributed by atoms with Crippen molar-refractivity contribution in [2.75, 3.05) is 6.54 Å². The fraction of sp³-hybridized carbons (Fsp3) is 0.444. The van der Waals surface area contributed by atoms with E-state index in [9.17, 15) is 4.39 Å². The van der Waals surface area contributed by atoms with E-state index in [4.69, 9.17) is 5.73 Å². The van der Waals surface area contributed by atoms with Gasteiger partial charge in [0.2, 0.25) is 0 Å². The summed E-state index contributed by atoms with van der Waals surface area (Å²) in [6.07, 6.45) is 3.65. The van der Waals surface area contributed by atoms with Gasteiger partial charge in [0.05, 0.1) is 6.20 Å². The zero-order chi connectivity index (χ0) is 8.97. The largest absolute Gasteiger partial charge is 0.330 e. The smallest absolute Gasteiger partial charge is 0.144 e. The van der Waals surface area contributed by atoms with E-state index in [1.54, 1.807) is 12.3 Å². The number of hydrogen-bond acceptors (Lipinski definition) is 2. The van der Waals surface area contributed by atoms with E-state index >= 15 is 0 Å². The molecule has 1 rings (SSSR count). The lowest BCUT2D eigenvalue weighted by atomic mass is 9.99. The number of halogens is 1. The monoisotopic (exact) mass is 168 g/mol. The molecule has 0 saturated carbocycles. The van der Waals surface area contributed by atoms with Crippen LogP contribution in [0.1, 0.15) is 24.8 Å². The molecule has 0 aliphatic carbocycles. The normalized spacial score (nSPS) is 12.9. The second-order valence-corrected chi connectivity index (χ2v) is 2.88. The van der Waals surface area contributed by atoms with Crippen molar-refractivity contribution in [2.24, 2.45) is 5.73 Å². The van der Waals surface area contributed by atoms with Gasteiger partial charge in [-0.3, -0.25) is 4.98 Å². The molecule has 2 N–H and O–H groups in total.